The Hall–Kier alpha value is 0.771. The molecule has 0 aliphatic heterocycles. The molecule has 0 fully saturated rings. The van der Waals surface area contributed by atoms with Crippen molar-refractivity contribution in [3.05, 3.63) is 0 Å². The summed E-state index contributed by atoms with van der Waals surface area (Å²) in [6.45, 7) is 6.65. The number of aliphatic hydroxyl groups excluding tert-OH is 3. The van der Waals surface area contributed by atoms with Crippen molar-refractivity contribution in [2.45, 2.75) is 77.4 Å². The van der Waals surface area contributed by atoms with Crippen LogP contribution in [0.15, 0.2) is 0 Å². The minimum atomic E-state index is -1.81. The molecule has 132 valence electrons. The second-order valence-electron chi connectivity index (χ2n) is 4.54. The summed E-state index contributed by atoms with van der Waals surface area (Å²) < 4.78 is 0. The SMILES string of the molecule is CCCC[Si](O)(CCCC)CCCC.CO.CO.CO.[Ti]. The number of rotatable bonds is 9. The summed E-state index contributed by atoms with van der Waals surface area (Å²) in [6, 6.07) is 3.43. The third kappa shape index (κ3) is 29.4. The van der Waals surface area contributed by atoms with Gasteiger partial charge in [-0.05, 0) is 18.1 Å². The molecule has 21 heavy (non-hydrogen) atoms. The first-order chi connectivity index (χ1) is 9.68. The maximum atomic E-state index is 10.5. The molecule has 0 amide bonds. The van der Waals surface area contributed by atoms with Crippen LogP contribution in [-0.4, -0.2) is 49.8 Å². The molecule has 0 saturated carbocycles. The molecule has 0 aromatic carbocycles. The fourth-order valence-corrected chi connectivity index (χ4v) is 5.68. The molecular weight excluding hydrogens is 320 g/mol. The van der Waals surface area contributed by atoms with Crippen LogP contribution in [0.3, 0.4) is 0 Å². The average Bonchev–Trinajstić information content (AvgIpc) is 2.55. The maximum Gasteiger partial charge on any atom is 0.188 e. The van der Waals surface area contributed by atoms with Gasteiger partial charge in [-0.15, -0.1) is 0 Å². The Labute approximate surface area is 149 Å². The van der Waals surface area contributed by atoms with Crippen molar-refractivity contribution in [2.75, 3.05) is 21.3 Å². The van der Waals surface area contributed by atoms with E-state index in [1.807, 2.05) is 0 Å². The van der Waals surface area contributed by atoms with E-state index in [0.29, 0.717) is 0 Å². The Morgan fingerprint density at radius 2 is 0.762 bits per heavy atom. The van der Waals surface area contributed by atoms with E-state index in [-0.39, 0.29) is 21.7 Å². The minimum Gasteiger partial charge on any atom is -0.432 e. The van der Waals surface area contributed by atoms with Crippen LogP contribution < -0.4 is 0 Å². The zero-order chi connectivity index (χ0) is 16.9. The predicted molar refractivity (Wildman–Crippen MR) is 91.5 cm³/mol. The van der Waals surface area contributed by atoms with Gasteiger partial charge in [0.05, 0.1) is 0 Å². The molecule has 0 radical (unpaired) electrons. The Balaban J connectivity index is -0.000000107. The zero-order valence-corrected chi connectivity index (χ0v) is 17.7. The largest absolute Gasteiger partial charge is 0.432 e. The van der Waals surface area contributed by atoms with Gasteiger partial charge in [0.25, 0.3) is 0 Å². The van der Waals surface area contributed by atoms with Crippen LogP contribution in [0, 0.1) is 0 Å². The van der Waals surface area contributed by atoms with Crippen molar-refractivity contribution >= 4 is 8.32 Å². The molecule has 0 rings (SSSR count). The van der Waals surface area contributed by atoms with Crippen molar-refractivity contribution in [2.24, 2.45) is 0 Å². The van der Waals surface area contributed by atoms with E-state index in [4.69, 9.17) is 15.3 Å². The quantitative estimate of drug-likeness (QED) is 0.476. The van der Waals surface area contributed by atoms with E-state index in [1.165, 1.54) is 38.5 Å². The Bertz CT molecular complexity index is 119. The van der Waals surface area contributed by atoms with Gasteiger partial charge in [0.15, 0.2) is 8.32 Å². The van der Waals surface area contributed by atoms with E-state index < -0.39 is 8.32 Å². The number of aliphatic hydroxyl groups is 3. The van der Waals surface area contributed by atoms with Gasteiger partial charge in [0.2, 0.25) is 0 Å². The molecule has 0 aliphatic carbocycles. The molecule has 4 N–H and O–H groups in total. The molecule has 0 bridgehead atoms. The molecule has 0 saturated heterocycles. The molecule has 0 unspecified atom stereocenters. The van der Waals surface area contributed by atoms with Gasteiger partial charge < -0.3 is 20.1 Å². The van der Waals surface area contributed by atoms with Gasteiger partial charge in [-0.1, -0.05) is 59.3 Å². The Morgan fingerprint density at radius 1 is 0.571 bits per heavy atom. The van der Waals surface area contributed by atoms with Crippen LogP contribution in [-0.2, 0) is 21.7 Å². The van der Waals surface area contributed by atoms with Crippen molar-refractivity contribution in [3.8, 4) is 0 Å². The standard InChI is InChI=1S/C12H28OSi.3CH4O.Ti/c1-4-7-10-14(13,11-8-5-2)12-9-6-3;3*1-2;/h13H,4-12H2,1-3H3;3*2H,1H3;. The van der Waals surface area contributed by atoms with E-state index in [2.05, 4.69) is 20.8 Å². The summed E-state index contributed by atoms with van der Waals surface area (Å²) in [4.78, 5) is 10.5. The number of hydrogen-bond acceptors (Lipinski definition) is 4. The third-order valence-electron chi connectivity index (χ3n) is 2.99. The van der Waals surface area contributed by atoms with Crippen molar-refractivity contribution in [1.82, 2.24) is 0 Å². The van der Waals surface area contributed by atoms with Crippen molar-refractivity contribution < 1.29 is 41.8 Å². The zero-order valence-electron chi connectivity index (χ0n) is 15.2. The summed E-state index contributed by atoms with van der Waals surface area (Å²) in [7, 11) is 1.19. The molecule has 4 nitrogen and oxygen atoms in total. The topological polar surface area (TPSA) is 80.9 Å². The van der Waals surface area contributed by atoms with Crippen LogP contribution in [0.2, 0.25) is 18.1 Å². The molecule has 0 heterocycles. The molecule has 0 atom stereocenters. The summed E-state index contributed by atoms with van der Waals surface area (Å²) in [5.74, 6) is 0. The first-order valence-electron chi connectivity index (χ1n) is 7.75. The van der Waals surface area contributed by atoms with Gasteiger partial charge in [-0.25, -0.2) is 0 Å². The summed E-state index contributed by atoms with van der Waals surface area (Å²) in [6.07, 6.45) is 7.39. The Morgan fingerprint density at radius 3 is 0.905 bits per heavy atom. The van der Waals surface area contributed by atoms with Crippen molar-refractivity contribution in [3.63, 3.8) is 0 Å². The summed E-state index contributed by atoms with van der Waals surface area (Å²) in [5, 5.41) is 21.0. The van der Waals surface area contributed by atoms with E-state index >= 15 is 0 Å². The van der Waals surface area contributed by atoms with E-state index in [9.17, 15) is 4.80 Å². The molecule has 0 aromatic rings. The fourth-order valence-electron chi connectivity index (χ4n) is 1.89. The molecule has 6 heteroatoms. The predicted octanol–water partition coefficient (Wildman–Crippen LogP) is 3.15. The molecule has 0 spiro atoms. The minimum absolute atomic E-state index is 0. The van der Waals surface area contributed by atoms with Gasteiger partial charge >= 0.3 is 0 Å². The van der Waals surface area contributed by atoms with Crippen LogP contribution in [0.5, 0.6) is 0 Å². The average molecular weight is 360 g/mol. The normalized spacial score (nSPS) is 8.86. The third-order valence-corrected chi connectivity index (χ3v) is 6.84. The van der Waals surface area contributed by atoms with E-state index in [1.54, 1.807) is 0 Å². The number of unbranched alkanes of at least 4 members (excludes halogenated alkanes) is 3. The Kier molecular flexibility index (Phi) is 51.9. The van der Waals surface area contributed by atoms with Crippen LogP contribution >= 0.6 is 0 Å². The first-order valence-corrected chi connectivity index (χ1v) is 10.3. The van der Waals surface area contributed by atoms with Gasteiger partial charge in [0, 0.05) is 43.0 Å². The smallest absolute Gasteiger partial charge is 0.188 e. The van der Waals surface area contributed by atoms with Gasteiger partial charge in [0.1, 0.15) is 0 Å². The fraction of sp³-hybridized carbons (Fsp3) is 1.00. The van der Waals surface area contributed by atoms with Crippen LogP contribution in [0.25, 0.3) is 0 Å². The second-order valence-corrected chi connectivity index (χ2v) is 8.48. The molecule has 0 aromatic heterocycles. The van der Waals surface area contributed by atoms with Crippen LogP contribution in [0.1, 0.15) is 59.3 Å². The van der Waals surface area contributed by atoms with Gasteiger partial charge in [-0.3, -0.25) is 0 Å². The summed E-state index contributed by atoms with van der Waals surface area (Å²) in [5.41, 5.74) is 0. The first kappa shape index (κ1) is 33.4. The molecular formula is C15H40O4SiTi. The summed E-state index contributed by atoms with van der Waals surface area (Å²) >= 11 is 0. The number of hydrogen-bond donors (Lipinski definition) is 4. The maximum absolute atomic E-state index is 10.5. The second kappa shape index (κ2) is 32.6. The molecule has 0 aliphatic rings. The van der Waals surface area contributed by atoms with Crippen LogP contribution in [0.4, 0.5) is 0 Å². The monoisotopic (exact) mass is 360 g/mol. The van der Waals surface area contributed by atoms with E-state index in [0.717, 1.165) is 39.5 Å². The van der Waals surface area contributed by atoms with Gasteiger partial charge in [-0.2, -0.15) is 0 Å². The van der Waals surface area contributed by atoms with Crippen molar-refractivity contribution in [1.29, 1.82) is 0 Å².